The van der Waals surface area contributed by atoms with Crippen LogP contribution < -0.4 is 10.1 Å². The average molecular weight is 414 g/mol. The number of carbonyl (C=O) groups excluding carboxylic acids is 1. The van der Waals surface area contributed by atoms with E-state index in [4.69, 9.17) is 37.8 Å². The van der Waals surface area contributed by atoms with Gasteiger partial charge in [-0.2, -0.15) is 0 Å². The summed E-state index contributed by atoms with van der Waals surface area (Å²) in [6.07, 6.45) is 0. The highest BCUT2D eigenvalue weighted by Gasteiger charge is 2.26. The summed E-state index contributed by atoms with van der Waals surface area (Å²) in [7, 11) is 1.58. The molecule has 8 heteroatoms. The Bertz CT molecular complexity index is 825. The van der Waals surface area contributed by atoms with E-state index in [1.54, 1.807) is 13.2 Å². The number of aliphatic carboxylic acids is 1. The van der Waals surface area contributed by atoms with Gasteiger partial charge in [0, 0.05) is 17.6 Å². The van der Waals surface area contributed by atoms with Gasteiger partial charge in [-0.25, -0.2) is 0 Å². The number of carboxylic acid groups (broad SMARTS) is 1. The van der Waals surface area contributed by atoms with Crippen LogP contribution in [0, 0.1) is 0 Å². The first-order valence-corrected chi connectivity index (χ1v) is 9.36. The Morgan fingerprint density at radius 2 is 1.96 bits per heavy atom. The number of anilines is 1. The number of rotatable bonds is 2. The Morgan fingerprint density at radius 3 is 2.62 bits per heavy atom. The summed E-state index contributed by atoms with van der Waals surface area (Å²) >= 11 is 14.1. The minimum Gasteiger partial charge on any atom is -0.495 e. The second-order valence-corrected chi connectivity index (χ2v) is 7.26. The number of carboxylic acids is 1. The average Bonchev–Trinajstić information content (AvgIpc) is 2.73. The molecule has 138 valence electrons. The van der Waals surface area contributed by atoms with Crippen LogP contribution in [0.3, 0.4) is 0 Å². The molecule has 1 atom stereocenters. The zero-order chi connectivity index (χ0) is 19.3. The lowest BCUT2D eigenvalue weighted by Crippen LogP contribution is -2.12. The molecule has 1 amide bonds. The summed E-state index contributed by atoms with van der Waals surface area (Å²) < 4.78 is 5.29. The maximum absolute atomic E-state index is 11.9. The van der Waals surface area contributed by atoms with E-state index >= 15 is 0 Å². The number of benzene rings is 2. The van der Waals surface area contributed by atoms with Crippen molar-refractivity contribution in [2.24, 2.45) is 0 Å². The van der Waals surface area contributed by atoms with E-state index < -0.39 is 5.97 Å². The summed E-state index contributed by atoms with van der Waals surface area (Å²) in [6, 6.07) is 11.1. The highest BCUT2D eigenvalue weighted by molar-refractivity contribution is 8.00. The fourth-order valence-corrected chi connectivity index (χ4v) is 4.14. The molecule has 0 aliphatic carbocycles. The molecule has 2 aromatic rings. The molecule has 0 saturated heterocycles. The Hall–Kier alpha value is -1.89. The molecule has 0 aromatic heterocycles. The number of fused-ring (bicyclic) bond motifs is 1. The molecule has 2 aromatic carbocycles. The van der Waals surface area contributed by atoms with Crippen LogP contribution in [0.5, 0.6) is 5.75 Å². The van der Waals surface area contributed by atoms with Crippen molar-refractivity contribution >= 4 is 52.5 Å². The molecule has 1 aliphatic heterocycles. The number of thioether (sulfide) groups is 1. The normalized spacial score (nSPS) is 15.7. The lowest BCUT2D eigenvalue weighted by Gasteiger charge is -2.19. The largest absolute Gasteiger partial charge is 0.495 e. The van der Waals surface area contributed by atoms with Crippen molar-refractivity contribution in [3.05, 3.63) is 57.6 Å². The summed E-state index contributed by atoms with van der Waals surface area (Å²) in [4.78, 5) is 20.9. The monoisotopic (exact) mass is 413 g/mol. The van der Waals surface area contributed by atoms with Crippen molar-refractivity contribution in [2.75, 3.05) is 18.2 Å². The molecule has 0 fully saturated rings. The van der Waals surface area contributed by atoms with E-state index in [9.17, 15) is 4.79 Å². The second-order valence-electron chi connectivity index (χ2n) is 5.35. The van der Waals surface area contributed by atoms with Gasteiger partial charge in [-0.05, 0) is 35.4 Å². The molecule has 5 nitrogen and oxygen atoms in total. The van der Waals surface area contributed by atoms with Gasteiger partial charge in [-0.15, -0.1) is 11.8 Å². The molecule has 1 aliphatic rings. The van der Waals surface area contributed by atoms with Crippen LogP contribution in [-0.2, 0) is 9.59 Å². The third kappa shape index (κ3) is 5.06. The Balaban J connectivity index is 0.000000552. The molecular weight excluding hydrogens is 397 g/mol. The minimum atomic E-state index is -0.833. The van der Waals surface area contributed by atoms with Gasteiger partial charge in [0.2, 0.25) is 5.91 Å². The fourth-order valence-electron chi connectivity index (χ4n) is 2.44. The minimum absolute atomic E-state index is 0.0323. The lowest BCUT2D eigenvalue weighted by atomic mass is 10.0. The van der Waals surface area contributed by atoms with E-state index in [-0.39, 0.29) is 11.2 Å². The second kappa shape index (κ2) is 9.16. The summed E-state index contributed by atoms with van der Waals surface area (Å²) in [5, 5.41) is 11.4. The number of ether oxygens (including phenoxy) is 1. The van der Waals surface area contributed by atoms with E-state index in [1.165, 1.54) is 11.8 Å². The van der Waals surface area contributed by atoms with Crippen molar-refractivity contribution in [1.29, 1.82) is 0 Å². The quantitative estimate of drug-likeness (QED) is 0.734. The smallest absolute Gasteiger partial charge is 0.300 e. The maximum Gasteiger partial charge on any atom is 0.300 e. The van der Waals surface area contributed by atoms with Gasteiger partial charge in [0.25, 0.3) is 5.97 Å². The fraction of sp³-hybridized carbons (Fsp3) is 0.222. The number of hydrogen-bond donors (Lipinski definition) is 2. The first-order chi connectivity index (χ1) is 12.3. The zero-order valence-electron chi connectivity index (χ0n) is 14.1. The van der Waals surface area contributed by atoms with Gasteiger partial charge in [-0.1, -0.05) is 35.3 Å². The Morgan fingerprint density at radius 1 is 1.27 bits per heavy atom. The molecule has 0 saturated carbocycles. The predicted molar refractivity (Wildman–Crippen MR) is 106 cm³/mol. The van der Waals surface area contributed by atoms with E-state index in [0.717, 1.165) is 23.7 Å². The van der Waals surface area contributed by atoms with Crippen LogP contribution >= 0.6 is 35.0 Å². The third-order valence-corrected chi connectivity index (χ3v) is 5.36. The Kier molecular flexibility index (Phi) is 7.20. The van der Waals surface area contributed by atoms with Gasteiger partial charge < -0.3 is 15.2 Å². The van der Waals surface area contributed by atoms with Crippen LogP contribution in [0.2, 0.25) is 10.0 Å². The van der Waals surface area contributed by atoms with Gasteiger partial charge >= 0.3 is 0 Å². The van der Waals surface area contributed by atoms with Crippen molar-refractivity contribution in [3.8, 4) is 5.75 Å². The zero-order valence-corrected chi connectivity index (χ0v) is 16.4. The van der Waals surface area contributed by atoms with E-state index in [1.807, 2.05) is 30.3 Å². The number of nitrogens with one attached hydrogen (secondary N) is 1. The standard InChI is InChI=1S/C16H13Cl2NO2S.C2H4O2/c1-21-13-4-2-3-10(15(13)18)16-11-7-9(17)5-6-12(11)19-14(20)8-22-16;1-2(3)4/h2-7,16H,8H2,1H3,(H,19,20);1H3,(H,3,4)/t16-;/m1./s1. The van der Waals surface area contributed by atoms with Crippen molar-refractivity contribution < 1.29 is 19.4 Å². The Labute approximate surface area is 165 Å². The molecule has 1 heterocycles. The van der Waals surface area contributed by atoms with Gasteiger partial charge in [-0.3, -0.25) is 9.59 Å². The molecular formula is C18H17Cl2NO4S. The molecule has 0 bridgehead atoms. The number of carbonyl (C=O) groups is 2. The van der Waals surface area contributed by atoms with Gasteiger partial charge in [0.1, 0.15) is 5.75 Å². The summed E-state index contributed by atoms with van der Waals surface area (Å²) in [5.41, 5.74) is 2.62. The van der Waals surface area contributed by atoms with Gasteiger partial charge in [0.15, 0.2) is 0 Å². The molecule has 2 N–H and O–H groups in total. The number of halogens is 2. The predicted octanol–water partition coefficient (Wildman–Crippen LogP) is 4.87. The third-order valence-electron chi connectivity index (χ3n) is 3.45. The van der Waals surface area contributed by atoms with Crippen LogP contribution in [0.25, 0.3) is 0 Å². The topological polar surface area (TPSA) is 75.6 Å². The van der Waals surface area contributed by atoms with Gasteiger partial charge in [0.05, 0.1) is 23.1 Å². The van der Waals surface area contributed by atoms with Crippen LogP contribution in [-0.4, -0.2) is 29.8 Å². The molecule has 0 radical (unpaired) electrons. The first kappa shape index (κ1) is 20.4. The maximum atomic E-state index is 11.9. The van der Waals surface area contributed by atoms with Crippen LogP contribution in [0.1, 0.15) is 23.3 Å². The molecule has 26 heavy (non-hydrogen) atoms. The van der Waals surface area contributed by atoms with Crippen molar-refractivity contribution in [1.82, 2.24) is 0 Å². The highest BCUT2D eigenvalue weighted by Crippen LogP contribution is 2.46. The van der Waals surface area contributed by atoms with E-state index in [2.05, 4.69) is 5.32 Å². The van der Waals surface area contributed by atoms with Crippen LogP contribution in [0.15, 0.2) is 36.4 Å². The van der Waals surface area contributed by atoms with Crippen LogP contribution in [0.4, 0.5) is 5.69 Å². The van der Waals surface area contributed by atoms with Crippen molar-refractivity contribution in [2.45, 2.75) is 12.2 Å². The summed E-state index contributed by atoms with van der Waals surface area (Å²) in [6.45, 7) is 1.08. The van der Waals surface area contributed by atoms with Crippen molar-refractivity contribution in [3.63, 3.8) is 0 Å². The summed E-state index contributed by atoms with van der Waals surface area (Å²) in [5.74, 6) is 0.104. The molecule has 3 rings (SSSR count). The first-order valence-electron chi connectivity index (χ1n) is 7.56. The molecule has 0 unspecified atom stereocenters. The van der Waals surface area contributed by atoms with E-state index in [0.29, 0.717) is 21.5 Å². The number of methoxy groups -OCH3 is 1. The SMILES string of the molecule is CC(=O)O.COc1cccc([C@H]2SCC(=O)Nc3ccc(Cl)cc32)c1Cl. The lowest BCUT2D eigenvalue weighted by molar-refractivity contribution is -0.134. The number of hydrogen-bond acceptors (Lipinski definition) is 4. The highest BCUT2D eigenvalue weighted by atomic mass is 35.5. The molecule has 0 spiro atoms. The number of amides is 1.